The maximum absolute atomic E-state index is 14.1. The molecule has 0 radical (unpaired) electrons. The van der Waals surface area contributed by atoms with Gasteiger partial charge in [-0.2, -0.15) is 0 Å². The summed E-state index contributed by atoms with van der Waals surface area (Å²) >= 11 is 0. The van der Waals surface area contributed by atoms with Crippen molar-refractivity contribution in [2.75, 3.05) is 45.7 Å². The van der Waals surface area contributed by atoms with Gasteiger partial charge in [-0.1, -0.05) is 12.5 Å². The van der Waals surface area contributed by atoms with Crippen LogP contribution in [0, 0.1) is 5.82 Å². The highest BCUT2D eigenvalue weighted by Crippen LogP contribution is 2.20. The predicted molar refractivity (Wildman–Crippen MR) is 124 cm³/mol. The molecule has 1 aromatic carbocycles. The van der Waals surface area contributed by atoms with Gasteiger partial charge in [-0.25, -0.2) is 4.39 Å². The molecule has 0 spiro atoms. The summed E-state index contributed by atoms with van der Waals surface area (Å²) in [6, 6.07) is 5.33. The van der Waals surface area contributed by atoms with Gasteiger partial charge in [0.25, 0.3) is 0 Å². The standard InChI is InChI=1S/C20H34FN5.HI/c1-20(2,26-11-7-6-8-12-26)15-24-19(22-3)23-14-16-9-10-18(25(4)5)17(21)13-16;/h9-10,13H,6-8,11-12,14-15H2,1-5H3,(H2,22,23,24);1H. The van der Waals surface area contributed by atoms with E-state index >= 15 is 0 Å². The molecule has 1 aliphatic rings. The molecular formula is C20H35FIN5. The summed E-state index contributed by atoms with van der Waals surface area (Å²) in [5, 5.41) is 6.69. The predicted octanol–water partition coefficient (Wildman–Crippen LogP) is 3.44. The minimum absolute atomic E-state index is 0. The van der Waals surface area contributed by atoms with Gasteiger partial charge in [0, 0.05) is 39.8 Å². The summed E-state index contributed by atoms with van der Waals surface area (Å²) in [6.07, 6.45) is 3.90. The van der Waals surface area contributed by atoms with Gasteiger partial charge in [-0.3, -0.25) is 9.89 Å². The van der Waals surface area contributed by atoms with Crippen molar-refractivity contribution in [2.45, 2.75) is 45.2 Å². The first-order chi connectivity index (χ1) is 12.3. The SMILES string of the molecule is CN=C(NCc1ccc(N(C)C)c(F)c1)NCC(C)(C)N1CCCCC1.I. The number of anilines is 1. The molecule has 1 saturated heterocycles. The topological polar surface area (TPSA) is 42.9 Å². The number of halogens is 2. The number of rotatable bonds is 6. The molecule has 1 fully saturated rings. The number of guanidine groups is 1. The average molecular weight is 491 g/mol. The maximum Gasteiger partial charge on any atom is 0.191 e. The zero-order chi connectivity index (χ0) is 19.2. The molecule has 0 saturated carbocycles. The molecule has 0 amide bonds. The molecule has 0 aromatic heterocycles. The Hall–Kier alpha value is -1.09. The Morgan fingerprint density at radius 2 is 1.85 bits per heavy atom. The van der Waals surface area contributed by atoms with Gasteiger partial charge >= 0.3 is 0 Å². The fraction of sp³-hybridized carbons (Fsp3) is 0.650. The van der Waals surface area contributed by atoms with Crippen molar-refractivity contribution >= 4 is 35.6 Å². The van der Waals surface area contributed by atoms with Crippen LogP contribution in [0.2, 0.25) is 0 Å². The summed E-state index contributed by atoms with van der Waals surface area (Å²) in [5.74, 6) is 0.538. The molecule has 7 heteroatoms. The number of hydrogen-bond acceptors (Lipinski definition) is 3. The number of hydrogen-bond donors (Lipinski definition) is 2. The van der Waals surface area contributed by atoms with E-state index in [2.05, 4.69) is 34.4 Å². The van der Waals surface area contributed by atoms with Crippen molar-refractivity contribution in [1.82, 2.24) is 15.5 Å². The van der Waals surface area contributed by atoms with E-state index in [0.717, 1.165) is 31.2 Å². The Morgan fingerprint density at radius 3 is 2.41 bits per heavy atom. The van der Waals surface area contributed by atoms with Gasteiger partial charge in [0.1, 0.15) is 5.82 Å². The number of nitrogens with one attached hydrogen (secondary N) is 2. The van der Waals surface area contributed by atoms with Crippen LogP contribution >= 0.6 is 24.0 Å². The van der Waals surface area contributed by atoms with Crippen LogP contribution in [0.25, 0.3) is 0 Å². The van der Waals surface area contributed by atoms with Gasteiger partial charge in [-0.15, -0.1) is 24.0 Å². The fourth-order valence-corrected chi connectivity index (χ4v) is 3.34. The third kappa shape index (κ3) is 7.10. The van der Waals surface area contributed by atoms with E-state index in [0.29, 0.717) is 12.2 Å². The highest BCUT2D eigenvalue weighted by atomic mass is 127. The van der Waals surface area contributed by atoms with Crippen LogP contribution in [0.3, 0.4) is 0 Å². The van der Waals surface area contributed by atoms with E-state index in [1.165, 1.54) is 19.3 Å². The molecule has 2 N–H and O–H groups in total. The Kier molecular flexibility index (Phi) is 9.80. The number of nitrogens with zero attached hydrogens (tertiary/aromatic N) is 3. The smallest absolute Gasteiger partial charge is 0.191 e. The maximum atomic E-state index is 14.1. The van der Waals surface area contributed by atoms with Crippen LogP contribution < -0.4 is 15.5 Å². The molecule has 0 aliphatic carbocycles. The first-order valence-corrected chi connectivity index (χ1v) is 9.49. The zero-order valence-corrected chi connectivity index (χ0v) is 19.6. The molecule has 0 unspecified atom stereocenters. The molecule has 2 rings (SSSR count). The Morgan fingerprint density at radius 1 is 1.19 bits per heavy atom. The number of likely N-dealkylation sites (tertiary alicyclic amines) is 1. The second kappa shape index (κ2) is 11.0. The average Bonchev–Trinajstić information content (AvgIpc) is 2.62. The molecule has 27 heavy (non-hydrogen) atoms. The van der Waals surface area contributed by atoms with Gasteiger partial charge < -0.3 is 15.5 Å². The first-order valence-electron chi connectivity index (χ1n) is 9.49. The summed E-state index contributed by atoms with van der Waals surface area (Å²) in [5.41, 5.74) is 1.57. The first kappa shape index (κ1) is 23.9. The zero-order valence-electron chi connectivity index (χ0n) is 17.3. The van der Waals surface area contributed by atoms with E-state index in [1.807, 2.05) is 26.2 Å². The van der Waals surface area contributed by atoms with E-state index in [4.69, 9.17) is 0 Å². The molecule has 154 valence electrons. The van der Waals surface area contributed by atoms with Crippen molar-refractivity contribution in [2.24, 2.45) is 4.99 Å². The van der Waals surface area contributed by atoms with E-state index in [9.17, 15) is 4.39 Å². The van der Waals surface area contributed by atoms with Crippen LogP contribution in [0.15, 0.2) is 23.2 Å². The van der Waals surface area contributed by atoms with E-state index in [1.54, 1.807) is 18.0 Å². The van der Waals surface area contributed by atoms with Crippen molar-refractivity contribution in [3.8, 4) is 0 Å². The molecular weight excluding hydrogens is 456 g/mol. The molecule has 0 atom stereocenters. The summed E-state index contributed by atoms with van der Waals surface area (Å²) in [4.78, 5) is 8.61. The lowest BCUT2D eigenvalue weighted by Crippen LogP contribution is -2.54. The minimum atomic E-state index is -0.205. The Labute approximate surface area is 180 Å². The van der Waals surface area contributed by atoms with Crippen molar-refractivity contribution < 1.29 is 4.39 Å². The quantitative estimate of drug-likeness (QED) is 0.364. The molecule has 5 nitrogen and oxygen atoms in total. The van der Waals surface area contributed by atoms with Crippen LogP contribution in [-0.2, 0) is 6.54 Å². The largest absolute Gasteiger partial charge is 0.375 e. The third-order valence-electron chi connectivity index (χ3n) is 5.08. The number of aliphatic imine (C=N–C) groups is 1. The molecule has 1 heterocycles. The molecule has 0 bridgehead atoms. The number of benzene rings is 1. The summed E-state index contributed by atoms with van der Waals surface area (Å²) in [6.45, 7) is 8.23. The highest BCUT2D eigenvalue weighted by molar-refractivity contribution is 14.0. The van der Waals surface area contributed by atoms with Crippen LogP contribution in [0.5, 0.6) is 0 Å². The highest BCUT2D eigenvalue weighted by Gasteiger charge is 2.27. The van der Waals surface area contributed by atoms with Gasteiger partial charge in [0.05, 0.1) is 5.69 Å². The lowest BCUT2D eigenvalue weighted by molar-refractivity contribution is 0.0982. The van der Waals surface area contributed by atoms with E-state index in [-0.39, 0.29) is 35.3 Å². The van der Waals surface area contributed by atoms with Gasteiger partial charge in [0.2, 0.25) is 0 Å². The molecule has 1 aliphatic heterocycles. The second-order valence-corrected chi connectivity index (χ2v) is 7.82. The minimum Gasteiger partial charge on any atom is -0.375 e. The van der Waals surface area contributed by atoms with Gasteiger partial charge in [-0.05, 0) is 57.5 Å². The Bertz CT molecular complexity index is 612. The van der Waals surface area contributed by atoms with E-state index < -0.39 is 0 Å². The van der Waals surface area contributed by atoms with Gasteiger partial charge in [0.15, 0.2) is 5.96 Å². The van der Waals surface area contributed by atoms with Crippen LogP contribution in [0.1, 0.15) is 38.7 Å². The van der Waals surface area contributed by atoms with Crippen molar-refractivity contribution in [3.63, 3.8) is 0 Å². The van der Waals surface area contributed by atoms with Crippen LogP contribution in [-0.4, -0.2) is 57.2 Å². The van der Waals surface area contributed by atoms with Crippen molar-refractivity contribution in [3.05, 3.63) is 29.6 Å². The monoisotopic (exact) mass is 491 g/mol. The second-order valence-electron chi connectivity index (χ2n) is 7.82. The Balaban J connectivity index is 0.00000364. The van der Waals surface area contributed by atoms with Crippen molar-refractivity contribution in [1.29, 1.82) is 0 Å². The number of piperidine rings is 1. The lowest BCUT2D eigenvalue weighted by Gasteiger charge is -2.41. The third-order valence-corrected chi connectivity index (χ3v) is 5.08. The summed E-state index contributed by atoms with van der Waals surface area (Å²) < 4.78 is 14.1. The summed E-state index contributed by atoms with van der Waals surface area (Å²) in [7, 11) is 5.44. The van der Waals surface area contributed by atoms with Crippen LogP contribution in [0.4, 0.5) is 10.1 Å². The fourth-order valence-electron chi connectivity index (χ4n) is 3.34. The molecule has 1 aromatic rings. The lowest BCUT2D eigenvalue weighted by atomic mass is 9.98. The normalized spacial score (nSPS) is 15.9.